The van der Waals surface area contributed by atoms with E-state index >= 15 is 0 Å². The number of rotatable bonds is 12. The molecular formula is C27H45N3O6. The van der Waals surface area contributed by atoms with Gasteiger partial charge < -0.3 is 34.1 Å². The Balaban J connectivity index is 2.19. The van der Waals surface area contributed by atoms with Crippen molar-refractivity contribution in [3.05, 3.63) is 23.8 Å². The number of nitrogens with zero attached hydrogens (tertiary/aromatic N) is 2. The van der Waals surface area contributed by atoms with Gasteiger partial charge in [-0.25, -0.2) is 4.79 Å². The summed E-state index contributed by atoms with van der Waals surface area (Å²) >= 11 is 0. The summed E-state index contributed by atoms with van der Waals surface area (Å²) < 4.78 is 22.0. The number of ether oxygens (including phenoxy) is 4. The fourth-order valence-corrected chi connectivity index (χ4v) is 4.37. The number of benzene rings is 1. The molecule has 0 spiro atoms. The predicted molar refractivity (Wildman–Crippen MR) is 140 cm³/mol. The zero-order valence-corrected chi connectivity index (χ0v) is 23.3. The van der Waals surface area contributed by atoms with Crippen LogP contribution in [0.15, 0.2) is 18.2 Å². The van der Waals surface area contributed by atoms with E-state index in [1.54, 1.807) is 37.3 Å². The second-order valence-corrected chi connectivity index (χ2v) is 10.6. The average Bonchev–Trinajstić information content (AvgIpc) is 3.21. The van der Waals surface area contributed by atoms with E-state index in [4.69, 9.17) is 18.9 Å². The molecule has 1 N–H and O–H groups in total. The Morgan fingerprint density at radius 1 is 1.11 bits per heavy atom. The summed E-state index contributed by atoms with van der Waals surface area (Å²) in [7, 11) is 5.14. The van der Waals surface area contributed by atoms with Crippen molar-refractivity contribution in [2.24, 2.45) is 11.8 Å². The van der Waals surface area contributed by atoms with E-state index in [2.05, 4.69) is 5.32 Å². The van der Waals surface area contributed by atoms with Crippen molar-refractivity contribution in [3.8, 4) is 11.5 Å². The van der Waals surface area contributed by atoms with Gasteiger partial charge in [-0.15, -0.1) is 0 Å². The van der Waals surface area contributed by atoms with Crippen LogP contribution < -0.4 is 14.8 Å². The Hall–Kier alpha value is -2.52. The van der Waals surface area contributed by atoms with Gasteiger partial charge in [0.05, 0.1) is 13.7 Å². The first kappa shape index (κ1) is 29.7. The molecule has 0 unspecified atom stereocenters. The molecule has 9 heteroatoms. The van der Waals surface area contributed by atoms with E-state index < -0.39 is 5.60 Å². The SMILES string of the molecule is CNC[C@@H]1CN(C(=O)OC(C)(C)C)C[C@H]1CN(C(=O)c1ccc(OC)c(OCCCOC)c1)C(C)C. The van der Waals surface area contributed by atoms with E-state index in [0.29, 0.717) is 49.9 Å². The Kier molecular flexibility index (Phi) is 11.3. The molecule has 1 fully saturated rings. The number of methoxy groups -OCH3 is 2. The maximum Gasteiger partial charge on any atom is 0.410 e. The molecule has 9 nitrogen and oxygen atoms in total. The summed E-state index contributed by atoms with van der Waals surface area (Å²) in [4.78, 5) is 30.0. The lowest BCUT2D eigenvalue weighted by molar-refractivity contribution is 0.0282. The molecule has 2 rings (SSSR count). The third-order valence-corrected chi connectivity index (χ3v) is 6.17. The lowest BCUT2D eigenvalue weighted by Crippen LogP contribution is -2.43. The van der Waals surface area contributed by atoms with Crippen LogP contribution in [0.4, 0.5) is 4.79 Å². The van der Waals surface area contributed by atoms with Gasteiger partial charge in [0.1, 0.15) is 5.60 Å². The molecular weight excluding hydrogens is 462 g/mol. The molecule has 204 valence electrons. The van der Waals surface area contributed by atoms with Crippen molar-refractivity contribution in [1.82, 2.24) is 15.1 Å². The Morgan fingerprint density at radius 3 is 2.39 bits per heavy atom. The van der Waals surface area contributed by atoms with Gasteiger partial charge >= 0.3 is 6.09 Å². The van der Waals surface area contributed by atoms with Crippen LogP contribution in [-0.2, 0) is 9.47 Å². The van der Waals surface area contributed by atoms with Crippen molar-refractivity contribution in [2.45, 2.75) is 52.7 Å². The minimum Gasteiger partial charge on any atom is -0.493 e. The van der Waals surface area contributed by atoms with Crippen LogP contribution in [0.5, 0.6) is 11.5 Å². The average molecular weight is 508 g/mol. The summed E-state index contributed by atoms with van der Waals surface area (Å²) in [5.74, 6) is 1.38. The molecule has 36 heavy (non-hydrogen) atoms. The quantitative estimate of drug-likeness (QED) is 0.432. The standard InChI is InChI=1S/C27H45N3O6/c1-19(2)30(18-22-17-29(16-21(22)15-28-6)26(32)36-27(3,4)5)25(31)20-10-11-23(34-8)24(14-20)35-13-9-12-33-7/h10-11,14,19,21-22,28H,9,12-13,15-18H2,1-8H3/t21-,22+/m1/s1. The van der Waals surface area contributed by atoms with Crippen LogP contribution in [0.25, 0.3) is 0 Å². The van der Waals surface area contributed by atoms with Crippen LogP contribution in [0.3, 0.4) is 0 Å². The van der Waals surface area contributed by atoms with Crippen LogP contribution in [0.1, 0.15) is 51.4 Å². The first-order valence-electron chi connectivity index (χ1n) is 12.7. The zero-order valence-electron chi connectivity index (χ0n) is 23.3. The minimum absolute atomic E-state index is 0.0171. The Labute approximate surface area is 216 Å². The van der Waals surface area contributed by atoms with Crippen molar-refractivity contribution >= 4 is 12.0 Å². The molecule has 1 aliphatic heterocycles. The first-order chi connectivity index (χ1) is 17.0. The number of carbonyl (C=O) groups is 2. The summed E-state index contributed by atoms with van der Waals surface area (Å²) in [6.45, 7) is 13.1. The molecule has 1 aromatic carbocycles. The fourth-order valence-electron chi connectivity index (χ4n) is 4.37. The van der Waals surface area contributed by atoms with Gasteiger partial charge in [0.25, 0.3) is 5.91 Å². The number of carbonyl (C=O) groups excluding carboxylic acids is 2. The van der Waals surface area contributed by atoms with Gasteiger partial charge in [0.15, 0.2) is 11.5 Å². The topological polar surface area (TPSA) is 89.6 Å². The summed E-state index contributed by atoms with van der Waals surface area (Å²) in [6.07, 6.45) is 0.428. The molecule has 0 bridgehead atoms. The van der Waals surface area contributed by atoms with E-state index in [0.717, 1.165) is 13.0 Å². The highest BCUT2D eigenvalue weighted by Gasteiger charge is 2.38. The van der Waals surface area contributed by atoms with Crippen molar-refractivity contribution in [1.29, 1.82) is 0 Å². The lowest BCUT2D eigenvalue weighted by atomic mass is 9.94. The highest BCUT2D eigenvalue weighted by atomic mass is 16.6. The maximum absolute atomic E-state index is 13.7. The van der Waals surface area contributed by atoms with E-state index in [-0.39, 0.29) is 29.9 Å². The molecule has 0 radical (unpaired) electrons. The molecule has 1 saturated heterocycles. The number of hydrogen-bond acceptors (Lipinski definition) is 7. The van der Waals surface area contributed by atoms with Gasteiger partial charge in [-0.1, -0.05) is 0 Å². The van der Waals surface area contributed by atoms with Gasteiger partial charge in [-0.3, -0.25) is 4.79 Å². The van der Waals surface area contributed by atoms with Gasteiger partial charge in [-0.2, -0.15) is 0 Å². The largest absolute Gasteiger partial charge is 0.493 e. The van der Waals surface area contributed by atoms with Gasteiger partial charge in [0.2, 0.25) is 0 Å². The lowest BCUT2D eigenvalue weighted by Gasteiger charge is -2.31. The molecule has 0 aliphatic carbocycles. The zero-order chi connectivity index (χ0) is 26.9. The molecule has 2 atom stereocenters. The second kappa shape index (κ2) is 13.7. The fraction of sp³-hybridized carbons (Fsp3) is 0.704. The molecule has 0 aromatic heterocycles. The second-order valence-electron chi connectivity index (χ2n) is 10.6. The smallest absolute Gasteiger partial charge is 0.410 e. The highest BCUT2D eigenvalue weighted by Crippen LogP contribution is 2.31. The number of hydrogen-bond donors (Lipinski definition) is 1. The third kappa shape index (κ3) is 8.55. The molecule has 1 aliphatic rings. The van der Waals surface area contributed by atoms with Crippen molar-refractivity contribution in [3.63, 3.8) is 0 Å². The van der Waals surface area contributed by atoms with Crippen LogP contribution in [0.2, 0.25) is 0 Å². The molecule has 1 heterocycles. The third-order valence-electron chi connectivity index (χ3n) is 6.17. The van der Waals surface area contributed by atoms with Crippen molar-refractivity contribution in [2.75, 3.05) is 60.7 Å². The Morgan fingerprint density at radius 2 is 1.81 bits per heavy atom. The minimum atomic E-state index is -0.550. The van der Waals surface area contributed by atoms with E-state index in [9.17, 15) is 9.59 Å². The normalized spacial score (nSPS) is 17.9. The van der Waals surface area contributed by atoms with Gasteiger partial charge in [0, 0.05) is 51.4 Å². The van der Waals surface area contributed by atoms with E-state index in [1.165, 1.54) is 0 Å². The van der Waals surface area contributed by atoms with Crippen LogP contribution in [0, 0.1) is 11.8 Å². The van der Waals surface area contributed by atoms with E-state index in [1.807, 2.05) is 46.6 Å². The summed E-state index contributed by atoms with van der Waals surface area (Å²) in [6, 6.07) is 5.26. The van der Waals surface area contributed by atoms with Crippen molar-refractivity contribution < 1.29 is 28.5 Å². The summed E-state index contributed by atoms with van der Waals surface area (Å²) in [5.41, 5.74) is -0.0101. The maximum atomic E-state index is 13.7. The number of nitrogens with one attached hydrogen (secondary N) is 1. The monoisotopic (exact) mass is 507 g/mol. The number of likely N-dealkylation sites (tertiary alicyclic amines) is 1. The van der Waals surface area contributed by atoms with Crippen LogP contribution in [-0.4, -0.2) is 94.1 Å². The molecule has 2 amide bonds. The molecule has 0 saturated carbocycles. The highest BCUT2D eigenvalue weighted by molar-refractivity contribution is 5.95. The Bertz CT molecular complexity index is 854. The predicted octanol–water partition coefficient (Wildman–Crippen LogP) is 3.66. The van der Waals surface area contributed by atoms with Crippen LogP contribution >= 0.6 is 0 Å². The molecule has 1 aromatic rings. The summed E-state index contributed by atoms with van der Waals surface area (Å²) in [5, 5.41) is 3.24. The number of amides is 2. The first-order valence-corrected chi connectivity index (χ1v) is 12.7. The van der Waals surface area contributed by atoms with Gasteiger partial charge in [-0.05, 0) is 78.2 Å².